The largest absolute Gasteiger partial charge is 0.308 e. The van der Waals surface area contributed by atoms with Crippen molar-refractivity contribution in [2.24, 2.45) is 5.84 Å². The van der Waals surface area contributed by atoms with E-state index in [0.717, 1.165) is 10.9 Å². The maximum atomic E-state index is 5.25. The lowest BCUT2D eigenvalue weighted by atomic mass is 10.3. The molecule has 0 aromatic carbocycles. The lowest BCUT2D eigenvalue weighted by Gasteiger charge is -2.01. The first-order valence-corrected chi connectivity index (χ1v) is 3.43. The summed E-state index contributed by atoms with van der Waals surface area (Å²) < 4.78 is 0. The lowest BCUT2D eigenvalue weighted by Crippen LogP contribution is -2.09. The molecule has 0 spiro atoms. The smallest absolute Gasteiger partial charge is 0.152 e. The van der Waals surface area contributed by atoms with Crippen LogP contribution < -0.4 is 11.3 Å². The summed E-state index contributed by atoms with van der Waals surface area (Å²) in [6, 6.07) is 1.80. The average molecular weight is 161 g/mol. The minimum absolute atomic E-state index is 0.591. The topological polar surface area (TPSA) is 76.7 Å². The summed E-state index contributed by atoms with van der Waals surface area (Å²) in [6.45, 7) is 0. The van der Waals surface area contributed by atoms with Gasteiger partial charge in [0.05, 0.1) is 10.9 Å². The van der Waals surface area contributed by atoms with Gasteiger partial charge in [-0.1, -0.05) is 0 Å². The molecule has 5 heteroatoms. The van der Waals surface area contributed by atoms with Crippen molar-refractivity contribution < 1.29 is 0 Å². The predicted molar refractivity (Wildman–Crippen MR) is 45.1 cm³/mol. The molecule has 0 saturated heterocycles. The van der Waals surface area contributed by atoms with Crippen LogP contribution in [0.15, 0.2) is 24.8 Å². The average Bonchev–Trinajstić information content (AvgIpc) is 2.17. The standard InChI is InChI=1S/C7H7N5/c8-12-7-5-3-9-2-1-6(5)10-4-11-7/h1-4H,8H2,(H,10,11,12). The number of hydrogen-bond acceptors (Lipinski definition) is 5. The number of hydrogen-bond donors (Lipinski definition) is 2. The maximum absolute atomic E-state index is 5.25. The monoisotopic (exact) mass is 161 g/mol. The maximum Gasteiger partial charge on any atom is 0.152 e. The number of nitrogen functional groups attached to an aromatic ring is 1. The van der Waals surface area contributed by atoms with Crippen LogP contribution in [0, 0.1) is 0 Å². The normalized spacial score (nSPS) is 10.1. The Labute approximate surface area is 68.6 Å². The molecule has 5 nitrogen and oxygen atoms in total. The van der Waals surface area contributed by atoms with Gasteiger partial charge in [-0.05, 0) is 6.07 Å². The van der Waals surface area contributed by atoms with Crippen molar-refractivity contribution in [1.29, 1.82) is 0 Å². The van der Waals surface area contributed by atoms with Crippen molar-refractivity contribution in [3.05, 3.63) is 24.8 Å². The summed E-state index contributed by atoms with van der Waals surface area (Å²) in [6.07, 6.45) is 4.80. The zero-order chi connectivity index (χ0) is 8.39. The number of nitrogens with zero attached hydrogens (tertiary/aromatic N) is 3. The molecule has 2 heterocycles. The van der Waals surface area contributed by atoms with E-state index in [1.165, 1.54) is 6.33 Å². The molecule has 0 radical (unpaired) electrons. The molecule has 2 aromatic heterocycles. The van der Waals surface area contributed by atoms with Gasteiger partial charge in [0, 0.05) is 12.4 Å². The summed E-state index contributed by atoms with van der Waals surface area (Å²) >= 11 is 0. The number of anilines is 1. The zero-order valence-corrected chi connectivity index (χ0v) is 6.23. The minimum Gasteiger partial charge on any atom is -0.308 e. The second-order valence-corrected chi connectivity index (χ2v) is 2.26. The molecule has 0 bridgehead atoms. The molecule has 60 valence electrons. The number of aromatic nitrogens is 3. The molecule has 12 heavy (non-hydrogen) atoms. The Balaban J connectivity index is 2.79. The van der Waals surface area contributed by atoms with E-state index >= 15 is 0 Å². The Morgan fingerprint density at radius 3 is 3.08 bits per heavy atom. The van der Waals surface area contributed by atoms with E-state index in [0.29, 0.717) is 5.82 Å². The van der Waals surface area contributed by atoms with Crippen LogP contribution in [0.2, 0.25) is 0 Å². The summed E-state index contributed by atoms with van der Waals surface area (Å²) in [5.41, 5.74) is 3.31. The van der Waals surface area contributed by atoms with Crippen molar-refractivity contribution >= 4 is 16.7 Å². The van der Waals surface area contributed by atoms with Gasteiger partial charge in [-0.25, -0.2) is 15.8 Å². The molecular weight excluding hydrogens is 154 g/mol. The van der Waals surface area contributed by atoms with E-state index < -0.39 is 0 Å². The highest BCUT2D eigenvalue weighted by Gasteiger charge is 1.99. The Morgan fingerprint density at radius 1 is 1.33 bits per heavy atom. The Hall–Kier alpha value is -1.75. The van der Waals surface area contributed by atoms with Gasteiger partial charge in [-0.2, -0.15) is 0 Å². The van der Waals surface area contributed by atoms with Crippen LogP contribution >= 0.6 is 0 Å². The van der Waals surface area contributed by atoms with E-state index in [-0.39, 0.29) is 0 Å². The van der Waals surface area contributed by atoms with Crippen LogP contribution in [-0.2, 0) is 0 Å². The van der Waals surface area contributed by atoms with Crippen LogP contribution in [0.5, 0.6) is 0 Å². The number of pyridine rings is 1. The predicted octanol–water partition coefficient (Wildman–Crippen LogP) is 0.310. The van der Waals surface area contributed by atoms with Gasteiger partial charge < -0.3 is 5.43 Å². The fraction of sp³-hybridized carbons (Fsp3) is 0. The Morgan fingerprint density at radius 2 is 2.25 bits per heavy atom. The SMILES string of the molecule is NNc1ncnc2ccncc12. The zero-order valence-electron chi connectivity index (χ0n) is 6.23. The van der Waals surface area contributed by atoms with Crippen LogP contribution in [0.3, 0.4) is 0 Å². The highest BCUT2D eigenvalue weighted by atomic mass is 15.3. The van der Waals surface area contributed by atoms with E-state index in [9.17, 15) is 0 Å². The second kappa shape index (κ2) is 2.71. The fourth-order valence-electron chi connectivity index (χ4n) is 1.02. The van der Waals surface area contributed by atoms with Crippen LogP contribution in [-0.4, -0.2) is 15.0 Å². The van der Waals surface area contributed by atoms with Gasteiger partial charge >= 0.3 is 0 Å². The summed E-state index contributed by atoms with van der Waals surface area (Å²) in [4.78, 5) is 11.9. The van der Waals surface area contributed by atoms with E-state index in [1.54, 1.807) is 18.5 Å². The molecule has 0 aliphatic carbocycles. The molecule has 0 amide bonds. The number of rotatable bonds is 1. The third-order valence-corrected chi connectivity index (χ3v) is 1.57. The quantitative estimate of drug-likeness (QED) is 0.465. The molecule has 0 saturated carbocycles. The van der Waals surface area contributed by atoms with Gasteiger partial charge in [-0.15, -0.1) is 0 Å². The third-order valence-electron chi connectivity index (χ3n) is 1.57. The van der Waals surface area contributed by atoms with Crippen molar-refractivity contribution in [3.63, 3.8) is 0 Å². The molecule has 3 N–H and O–H groups in total. The van der Waals surface area contributed by atoms with Gasteiger partial charge in [0.1, 0.15) is 6.33 Å². The van der Waals surface area contributed by atoms with Crippen molar-refractivity contribution in [2.75, 3.05) is 5.43 Å². The lowest BCUT2D eigenvalue weighted by molar-refractivity contribution is 1.17. The van der Waals surface area contributed by atoms with E-state index in [1.807, 2.05) is 0 Å². The summed E-state index contributed by atoms with van der Waals surface area (Å²) in [7, 11) is 0. The molecule has 0 unspecified atom stereocenters. The molecule has 2 aromatic rings. The van der Waals surface area contributed by atoms with Crippen molar-refractivity contribution in [2.45, 2.75) is 0 Å². The van der Waals surface area contributed by atoms with Crippen LogP contribution in [0.1, 0.15) is 0 Å². The number of fused-ring (bicyclic) bond motifs is 1. The number of nitrogens with one attached hydrogen (secondary N) is 1. The van der Waals surface area contributed by atoms with Gasteiger partial charge in [0.2, 0.25) is 0 Å². The van der Waals surface area contributed by atoms with Gasteiger partial charge in [0.25, 0.3) is 0 Å². The highest BCUT2D eigenvalue weighted by Crippen LogP contribution is 2.15. The fourth-order valence-corrected chi connectivity index (χ4v) is 1.02. The van der Waals surface area contributed by atoms with E-state index in [2.05, 4.69) is 20.4 Å². The van der Waals surface area contributed by atoms with Crippen molar-refractivity contribution in [1.82, 2.24) is 15.0 Å². The Bertz CT molecular complexity index is 394. The summed E-state index contributed by atoms with van der Waals surface area (Å²) in [5.74, 6) is 5.84. The number of nitrogens with two attached hydrogens (primary N) is 1. The summed E-state index contributed by atoms with van der Waals surface area (Å²) in [5, 5.41) is 0.822. The molecule has 0 aliphatic heterocycles. The molecular formula is C7H7N5. The minimum atomic E-state index is 0.591. The molecule has 2 rings (SSSR count). The van der Waals surface area contributed by atoms with Gasteiger partial charge in [-0.3, -0.25) is 4.98 Å². The Kier molecular flexibility index (Phi) is 1.56. The molecule has 0 fully saturated rings. The first-order valence-electron chi connectivity index (χ1n) is 3.43. The third kappa shape index (κ3) is 0.960. The second-order valence-electron chi connectivity index (χ2n) is 2.26. The first kappa shape index (κ1) is 6.93. The van der Waals surface area contributed by atoms with E-state index in [4.69, 9.17) is 5.84 Å². The molecule has 0 atom stereocenters. The van der Waals surface area contributed by atoms with Crippen molar-refractivity contribution in [3.8, 4) is 0 Å². The first-order chi connectivity index (χ1) is 5.92. The van der Waals surface area contributed by atoms with Crippen LogP contribution in [0.4, 0.5) is 5.82 Å². The molecule has 0 aliphatic rings. The van der Waals surface area contributed by atoms with Gasteiger partial charge in [0.15, 0.2) is 5.82 Å². The number of hydrazine groups is 1. The highest BCUT2D eigenvalue weighted by molar-refractivity contribution is 5.87. The van der Waals surface area contributed by atoms with Crippen LogP contribution in [0.25, 0.3) is 10.9 Å².